The summed E-state index contributed by atoms with van der Waals surface area (Å²) in [7, 11) is 0. The highest BCUT2D eigenvalue weighted by Crippen LogP contribution is 2.27. The number of nitrogens with zero attached hydrogens (tertiary/aromatic N) is 3. The molecule has 0 radical (unpaired) electrons. The molecule has 0 fully saturated rings. The highest BCUT2D eigenvalue weighted by Gasteiger charge is 2.21. The van der Waals surface area contributed by atoms with Gasteiger partial charge in [-0.25, -0.2) is 0 Å². The van der Waals surface area contributed by atoms with Gasteiger partial charge in [-0.3, -0.25) is 9.67 Å². The molecule has 1 N–H and O–H groups in total. The minimum atomic E-state index is 0.0630. The predicted octanol–water partition coefficient (Wildman–Crippen LogP) is 2.76. The van der Waals surface area contributed by atoms with Crippen LogP contribution in [0.5, 0.6) is 0 Å². The Bertz CT molecular complexity index is 495. The lowest BCUT2D eigenvalue weighted by atomic mass is 10.1. The number of rotatable bonds is 5. The molecule has 0 saturated carbocycles. The van der Waals surface area contributed by atoms with Gasteiger partial charge in [-0.2, -0.15) is 5.10 Å². The molecule has 0 saturated heterocycles. The van der Waals surface area contributed by atoms with Crippen LogP contribution in [-0.4, -0.2) is 21.3 Å². The molecule has 4 nitrogen and oxygen atoms in total. The largest absolute Gasteiger partial charge is 0.304 e. The van der Waals surface area contributed by atoms with Crippen LogP contribution in [0.2, 0.25) is 0 Å². The third-order valence-electron chi connectivity index (χ3n) is 2.80. The summed E-state index contributed by atoms with van der Waals surface area (Å²) in [5.74, 6) is 0. The summed E-state index contributed by atoms with van der Waals surface area (Å²) in [5, 5.41) is 7.83. The number of aromatic nitrogens is 3. The lowest BCUT2D eigenvalue weighted by Gasteiger charge is -2.19. The molecule has 2 aromatic heterocycles. The van der Waals surface area contributed by atoms with Crippen molar-refractivity contribution in [2.45, 2.75) is 26.4 Å². The Hall–Kier alpha value is -1.20. The first-order valence-corrected chi connectivity index (χ1v) is 6.92. The summed E-state index contributed by atoms with van der Waals surface area (Å²) in [4.78, 5) is 4.45. The third-order valence-corrected chi connectivity index (χ3v) is 3.41. The lowest BCUT2D eigenvalue weighted by molar-refractivity contribution is 0.533. The van der Waals surface area contributed by atoms with Gasteiger partial charge in [0.15, 0.2) is 0 Å². The van der Waals surface area contributed by atoms with Crippen molar-refractivity contribution in [2.24, 2.45) is 0 Å². The van der Waals surface area contributed by atoms with Gasteiger partial charge in [-0.1, -0.05) is 13.0 Å². The van der Waals surface area contributed by atoms with E-state index in [1.165, 1.54) is 0 Å². The highest BCUT2D eigenvalue weighted by atomic mass is 79.9. The van der Waals surface area contributed by atoms with Crippen molar-refractivity contribution < 1.29 is 0 Å². The number of hydrogen-bond donors (Lipinski definition) is 1. The Morgan fingerprint density at radius 2 is 2.22 bits per heavy atom. The van der Waals surface area contributed by atoms with E-state index in [0.29, 0.717) is 0 Å². The van der Waals surface area contributed by atoms with Crippen LogP contribution in [0.4, 0.5) is 0 Å². The van der Waals surface area contributed by atoms with Crippen LogP contribution in [0, 0.1) is 0 Å². The average Bonchev–Trinajstić information content (AvgIpc) is 2.78. The van der Waals surface area contributed by atoms with Gasteiger partial charge in [0.05, 0.1) is 28.1 Å². The maximum absolute atomic E-state index is 4.45. The molecule has 0 aliphatic carbocycles. The maximum Gasteiger partial charge on any atom is 0.0933 e. The topological polar surface area (TPSA) is 42.7 Å². The molecule has 0 spiro atoms. The molecule has 0 aromatic carbocycles. The average molecular weight is 309 g/mol. The van der Waals surface area contributed by atoms with Crippen LogP contribution in [0.25, 0.3) is 0 Å². The van der Waals surface area contributed by atoms with Crippen molar-refractivity contribution in [3.05, 3.63) is 46.5 Å². The van der Waals surface area contributed by atoms with Gasteiger partial charge in [0.1, 0.15) is 0 Å². The normalized spacial score (nSPS) is 12.6. The SMILES string of the molecule is CCNC(c1ccccn1)c1c(Br)cnn1CC. The molecule has 2 heterocycles. The summed E-state index contributed by atoms with van der Waals surface area (Å²) in [6.45, 7) is 5.90. The van der Waals surface area contributed by atoms with Crippen molar-refractivity contribution in [1.82, 2.24) is 20.1 Å². The summed E-state index contributed by atoms with van der Waals surface area (Å²) in [5.41, 5.74) is 2.13. The highest BCUT2D eigenvalue weighted by molar-refractivity contribution is 9.10. The van der Waals surface area contributed by atoms with E-state index in [1.54, 1.807) is 0 Å². The van der Waals surface area contributed by atoms with Gasteiger partial charge in [-0.15, -0.1) is 0 Å². The first-order chi connectivity index (χ1) is 8.77. The van der Waals surface area contributed by atoms with Crippen LogP contribution < -0.4 is 5.32 Å². The molecule has 0 aliphatic heterocycles. The molecule has 1 unspecified atom stereocenters. The fourth-order valence-corrected chi connectivity index (χ4v) is 2.53. The Morgan fingerprint density at radius 1 is 1.39 bits per heavy atom. The summed E-state index contributed by atoms with van der Waals surface area (Å²) >= 11 is 3.57. The number of halogens is 1. The molecule has 1 atom stereocenters. The molecule has 2 rings (SSSR count). The van der Waals surface area contributed by atoms with E-state index >= 15 is 0 Å². The van der Waals surface area contributed by atoms with Gasteiger partial charge >= 0.3 is 0 Å². The van der Waals surface area contributed by atoms with Crippen molar-refractivity contribution in [3.8, 4) is 0 Å². The second-order valence-electron chi connectivity index (χ2n) is 3.94. The van der Waals surface area contributed by atoms with Gasteiger partial charge in [0.2, 0.25) is 0 Å². The summed E-state index contributed by atoms with van der Waals surface area (Å²) in [6.07, 6.45) is 3.66. The van der Waals surface area contributed by atoms with Gasteiger partial charge in [0, 0.05) is 12.7 Å². The zero-order chi connectivity index (χ0) is 13.0. The second kappa shape index (κ2) is 6.11. The smallest absolute Gasteiger partial charge is 0.0933 e. The van der Waals surface area contributed by atoms with Crippen LogP contribution in [0.15, 0.2) is 35.1 Å². The number of pyridine rings is 1. The molecule has 0 bridgehead atoms. The van der Waals surface area contributed by atoms with E-state index < -0.39 is 0 Å². The minimum absolute atomic E-state index is 0.0630. The van der Waals surface area contributed by atoms with Gasteiger partial charge < -0.3 is 5.32 Å². The van der Waals surface area contributed by atoms with Crippen molar-refractivity contribution in [2.75, 3.05) is 6.54 Å². The molecular formula is C13H17BrN4. The number of aryl methyl sites for hydroxylation is 1. The van der Waals surface area contributed by atoms with Crippen LogP contribution in [-0.2, 0) is 6.54 Å². The van der Waals surface area contributed by atoms with Crippen LogP contribution >= 0.6 is 15.9 Å². The Morgan fingerprint density at radius 3 is 2.83 bits per heavy atom. The van der Waals surface area contributed by atoms with Crippen molar-refractivity contribution in [3.63, 3.8) is 0 Å². The fraction of sp³-hybridized carbons (Fsp3) is 0.385. The maximum atomic E-state index is 4.45. The quantitative estimate of drug-likeness (QED) is 0.923. The van der Waals surface area contributed by atoms with Crippen LogP contribution in [0.3, 0.4) is 0 Å². The first kappa shape index (κ1) is 13.2. The van der Waals surface area contributed by atoms with Crippen molar-refractivity contribution in [1.29, 1.82) is 0 Å². The molecular weight excluding hydrogens is 292 g/mol. The monoisotopic (exact) mass is 308 g/mol. The third kappa shape index (κ3) is 2.62. The Kier molecular flexibility index (Phi) is 4.49. The zero-order valence-corrected chi connectivity index (χ0v) is 12.2. The minimum Gasteiger partial charge on any atom is -0.304 e. The van der Waals surface area contributed by atoms with E-state index in [1.807, 2.05) is 35.3 Å². The lowest BCUT2D eigenvalue weighted by Crippen LogP contribution is -2.26. The Balaban J connectivity index is 2.44. The van der Waals surface area contributed by atoms with Gasteiger partial charge in [0.25, 0.3) is 0 Å². The summed E-state index contributed by atoms with van der Waals surface area (Å²) < 4.78 is 3.01. The Labute approximate surface area is 116 Å². The molecule has 5 heteroatoms. The number of nitrogens with one attached hydrogen (secondary N) is 1. The fourth-order valence-electron chi connectivity index (χ4n) is 2.00. The zero-order valence-electron chi connectivity index (χ0n) is 10.6. The molecule has 0 amide bonds. The van der Waals surface area contributed by atoms with E-state index in [9.17, 15) is 0 Å². The predicted molar refractivity (Wildman–Crippen MR) is 75.4 cm³/mol. The van der Waals surface area contributed by atoms with E-state index in [4.69, 9.17) is 0 Å². The summed E-state index contributed by atoms with van der Waals surface area (Å²) in [6, 6.07) is 6.03. The van der Waals surface area contributed by atoms with Crippen LogP contribution in [0.1, 0.15) is 31.3 Å². The molecule has 96 valence electrons. The first-order valence-electron chi connectivity index (χ1n) is 6.13. The standard InChI is InChI=1S/C13H17BrN4/c1-3-15-12(11-7-5-6-8-16-11)13-10(14)9-17-18(13)4-2/h5-9,12,15H,3-4H2,1-2H3. The van der Waals surface area contributed by atoms with Gasteiger partial charge in [-0.05, 0) is 41.5 Å². The second-order valence-corrected chi connectivity index (χ2v) is 4.79. The molecule has 2 aromatic rings. The van der Waals surface area contributed by atoms with E-state index in [2.05, 4.69) is 45.2 Å². The molecule has 0 aliphatic rings. The molecule has 18 heavy (non-hydrogen) atoms. The van der Waals surface area contributed by atoms with Crippen molar-refractivity contribution >= 4 is 15.9 Å². The van der Waals surface area contributed by atoms with E-state index in [0.717, 1.165) is 29.0 Å². The number of hydrogen-bond acceptors (Lipinski definition) is 3. The van der Waals surface area contributed by atoms with E-state index in [-0.39, 0.29) is 6.04 Å².